The summed E-state index contributed by atoms with van der Waals surface area (Å²) in [4.78, 5) is 14.7. The number of rotatable bonds is 7. The summed E-state index contributed by atoms with van der Waals surface area (Å²) in [6.07, 6.45) is -0.560. The van der Waals surface area contributed by atoms with E-state index in [1.807, 2.05) is 4.90 Å². The average Bonchev–Trinajstić information content (AvgIpc) is 2.83. The molecule has 0 bridgehead atoms. The Morgan fingerprint density at radius 1 is 1.18 bits per heavy atom. The van der Waals surface area contributed by atoms with Crippen molar-refractivity contribution >= 4 is 23.5 Å². The number of piperidine rings is 1. The lowest BCUT2D eigenvalue weighted by molar-refractivity contribution is -0.274. The molecule has 34 heavy (non-hydrogen) atoms. The molecule has 10 heteroatoms. The topological polar surface area (TPSA) is 54.0 Å². The van der Waals surface area contributed by atoms with Crippen molar-refractivity contribution in [1.29, 1.82) is 0 Å². The van der Waals surface area contributed by atoms with Crippen molar-refractivity contribution < 1.29 is 27.4 Å². The molecular weight excluding hydrogens is 467 g/mol. The van der Waals surface area contributed by atoms with Gasteiger partial charge in [0.25, 0.3) is 5.91 Å². The van der Waals surface area contributed by atoms with E-state index in [0.29, 0.717) is 42.5 Å². The lowest BCUT2D eigenvalue weighted by Crippen LogP contribution is -2.36. The van der Waals surface area contributed by atoms with Gasteiger partial charge in [-0.3, -0.25) is 9.10 Å². The molecule has 2 heterocycles. The van der Waals surface area contributed by atoms with Gasteiger partial charge in [-0.1, -0.05) is 30.1 Å². The largest absolute Gasteiger partial charge is 0.573 e. The van der Waals surface area contributed by atoms with Crippen LogP contribution in [-0.2, 0) is 6.54 Å². The highest BCUT2D eigenvalue weighted by atomic mass is 32.2. The summed E-state index contributed by atoms with van der Waals surface area (Å²) >= 11 is 1.76. The fraction of sp³-hybridized carbons (Fsp3) is 0.458. The number of anilines is 1. The molecule has 184 valence electrons. The molecule has 0 aromatic heterocycles. The van der Waals surface area contributed by atoms with E-state index in [4.69, 9.17) is 4.74 Å². The molecule has 2 aliphatic rings. The van der Waals surface area contributed by atoms with Crippen LogP contribution in [-0.4, -0.2) is 55.6 Å². The van der Waals surface area contributed by atoms with Crippen LogP contribution in [0, 0.1) is 5.92 Å². The van der Waals surface area contributed by atoms with Gasteiger partial charge in [0, 0.05) is 37.3 Å². The van der Waals surface area contributed by atoms with Crippen LogP contribution in [0.5, 0.6) is 11.5 Å². The summed E-state index contributed by atoms with van der Waals surface area (Å²) in [5, 5.41) is 3.03. The number of hydrogen-bond acceptors (Lipinski definition) is 6. The molecule has 1 saturated heterocycles. The van der Waals surface area contributed by atoms with Crippen LogP contribution in [0.2, 0.25) is 0 Å². The summed E-state index contributed by atoms with van der Waals surface area (Å²) < 4.78 is 50.6. The Hall–Kier alpha value is -2.59. The second kappa shape index (κ2) is 10.8. The number of hydrogen-bond donors (Lipinski definition) is 1. The summed E-state index contributed by atoms with van der Waals surface area (Å²) in [5.41, 5.74) is 1.65. The Labute approximate surface area is 201 Å². The van der Waals surface area contributed by atoms with Gasteiger partial charge in [-0.05, 0) is 49.3 Å². The van der Waals surface area contributed by atoms with Crippen molar-refractivity contribution in [3.8, 4) is 11.5 Å². The number of alkyl halides is 3. The van der Waals surface area contributed by atoms with E-state index in [0.717, 1.165) is 31.6 Å². The number of amides is 1. The summed E-state index contributed by atoms with van der Waals surface area (Å²) in [6, 6.07) is 11.3. The Bertz CT molecular complexity index is 997. The predicted octanol–water partition coefficient (Wildman–Crippen LogP) is 4.70. The molecule has 1 fully saturated rings. The van der Waals surface area contributed by atoms with Crippen LogP contribution in [0.1, 0.15) is 28.8 Å². The average molecular weight is 496 g/mol. The maximum absolute atomic E-state index is 12.8. The third-order valence-electron chi connectivity index (χ3n) is 6.12. The van der Waals surface area contributed by atoms with E-state index in [2.05, 4.69) is 20.6 Å². The van der Waals surface area contributed by atoms with Crippen LogP contribution in [0.4, 0.5) is 18.9 Å². The van der Waals surface area contributed by atoms with Gasteiger partial charge in [0.2, 0.25) is 0 Å². The summed E-state index contributed by atoms with van der Waals surface area (Å²) in [6.45, 7) is 3.80. The second-order valence-electron chi connectivity index (χ2n) is 8.37. The van der Waals surface area contributed by atoms with Crippen LogP contribution >= 0.6 is 11.9 Å². The normalized spacial score (nSPS) is 17.1. The highest BCUT2D eigenvalue weighted by Crippen LogP contribution is 2.35. The maximum Gasteiger partial charge on any atom is 0.573 e. The molecule has 0 saturated carbocycles. The van der Waals surface area contributed by atoms with E-state index >= 15 is 0 Å². The number of para-hydroxylation sites is 1. The number of halogens is 3. The highest BCUT2D eigenvalue weighted by Gasteiger charge is 2.32. The molecule has 4 rings (SSSR count). The first kappa shape index (κ1) is 24.5. The highest BCUT2D eigenvalue weighted by molar-refractivity contribution is 7.96. The van der Waals surface area contributed by atoms with Crippen LogP contribution in [0.25, 0.3) is 0 Å². The van der Waals surface area contributed by atoms with Crippen molar-refractivity contribution in [1.82, 2.24) is 9.62 Å². The Balaban J connectivity index is 1.40. The number of fused-ring (bicyclic) bond motifs is 1. The Morgan fingerprint density at radius 3 is 2.68 bits per heavy atom. The molecule has 0 aliphatic carbocycles. The molecule has 2 aromatic rings. The third kappa shape index (κ3) is 6.29. The molecular formula is C24H28F3N3O3S. The number of nitrogens with one attached hydrogen (secondary N) is 1. The first-order valence-electron chi connectivity index (χ1n) is 11.2. The quantitative estimate of drug-likeness (QED) is 0.562. The smallest absolute Gasteiger partial charge is 0.490 e. The van der Waals surface area contributed by atoms with Crippen LogP contribution in [0.3, 0.4) is 0 Å². The first-order valence-corrected chi connectivity index (χ1v) is 12.4. The van der Waals surface area contributed by atoms with Crippen LogP contribution < -0.4 is 19.7 Å². The number of ether oxygens (including phenoxy) is 2. The van der Waals surface area contributed by atoms with Gasteiger partial charge in [-0.25, -0.2) is 0 Å². The van der Waals surface area contributed by atoms with E-state index in [1.54, 1.807) is 42.3 Å². The zero-order valence-electron chi connectivity index (χ0n) is 18.9. The molecule has 0 radical (unpaired) electrons. The molecule has 2 aliphatic heterocycles. The van der Waals surface area contributed by atoms with Crippen molar-refractivity contribution in [2.75, 3.05) is 43.9 Å². The zero-order chi connectivity index (χ0) is 24.1. The van der Waals surface area contributed by atoms with Gasteiger partial charge in [-0.15, -0.1) is 13.2 Å². The van der Waals surface area contributed by atoms with Gasteiger partial charge in [0.15, 0.2) is 0 Å². The van der Waals surface area contributed by atoms with Gasteiger partial charge < -0.3 is 19.7 Å². The predicted molar refractivity (Wildman–Crippen MR) is 126 cm³/mol. The maximum atomic E-state index is 12.8. The van der Waals surface area contributed by atoms with Crippen molar-refractivity contribution in [3.63, 3.8) is 0 Å². The second-order valence-corrected chi connectivity index (χ2v) is 9.25. The third-order valence-corrected chi connectivity index (χ3v) is 7.01. The fourth-order valence-corrected chi connectivity index (χ4v) is 4.86. The first-order chi connectivity index (χ1) is 16.3. The van der Waals surface area contributed by atoms with Gasteiger partial charge in [0.1, 0.15) is 18.1 Å². The zero-order valence-corrected chi connectivity index (χ0v) is 19.8. The van der Waals surface area contributed by atoms with Gasteiger partial charge >= 0.3 is 6.36 Å². The molecule has 0 spiro atoms. The SMILES string of the molecule is CSN1CCC(CNC(=O)c2ccc3c(c2)OCCN3Cc2ccccc2OC(F)(F)F)CC1. The number of carbonyl (C=O) groups excluding carboxylic acids is 1. The van der Waals surface area contributed by atoms with Crippen molar-refractivity contribution in [2.45, 2.75) is 25.7 Å². The minimum atomic E-state index is -4.76. The van der Waals surface area contributed by atoms with E-state index in [9.17, 15) is 18.0 Å². The molecule has 0 atom stereocenters. The molecule has 1 amide bonds. The monoisotopic (exact) mass is 495 g/mol. The standard InChI is InChI=1S/C24H28F3N3O3S/c1-34-30-10-8-17(9-11-30)15-28-23(31)18-6-7-20-22(14-18)32-13-12-29(20)16-19-4-2-3-5-21(19)33-24(25,26)27/h2-7,14,17H,8-13,15-16H2,1H3,(H,28,31). The minimum absolute atomic E-state index is 0.153. The van der Waals surface area contributed by atoms with Crippen molar-refractivity contribution in [3.05, 3.63) is 53.6 Å². The lowest BCUT2D eigenvalue weighted by atomic mass is 9.98. The summed E-state index contributed by atoms with van der Waals surface area (Å²) in [5.74, 6) is 0.638. The summed E-state index contributed by atoms with van der Waals surface area (Å²) in [7, 11) is 0. The molecule has 6 nitrogen and oxygen atoms in total. The number of carbonyl (C=O) groups is 1. The fourth-order valence-electron chi connectivity index (χ4n) is 4.28. The van der Waals surface area contributed by atoms with Crippen molar-refractivity contribution in [2.24, 2.45) is 5.92 Å². The Kier molecular flexibility index (Phi) is 7.77. The van der Waals surface area contributed by atoms with E-state index < -0.39 is 6.36 Å². The van der Waals surface area contributed by atoms with E-state index in [1.165, 1.54) is 12.1 Å². The van der Waals surface area contributed by atoms with Gasteiger partial charge in [0.05, 0.1) is 12.2 Å². The molecule has 0 unspecified atom stereocenters. The van der Waals surface area contributed by atoms with E-state index in [-0.39, 0.29) is 18.2 Å². The lowest BCUT2D eigenvalue weighted by Gasteiger charge is -2.32. The van der Waals surface area contributed by atoms with Crippen LogP contribution in [0.15, 0.2) is 42.5 Å². The number of benzene rings is 2. The Morgan fingerprint density at radius 2 is 1.94 bits per heavy atom. The number of nitrogens with zero attached hydrogens (tertiary/aromatic N) is 2. The molecule has 2 aromatic carbocycles. The van der Waals surface area contributed by atoms with Gasteiger partial charge in [-0.2, -0.15) is 0 Å². The minimum Gasteiger partial charge on any atom is -0.490 e. The molecule has 1 N–H and O–H groups in total.